The van der Waals surface area contributed by atoms with Crippen LogP contribution in [0.3, 0.4) is 0 Å². The van der Waals surface area contributed by atoms with E-state index >= 15 is 0 Å². The third-order valence-corrected chi connectivity index (χ3v) is 8.76. The van der Waals surface area contributed by atoms with Gasteiger partial charge in [0.1, 0.15) is 11.6 Å². The minimum Gasteiger partial charge on any atom is -0.440 e. The number of nitrogens with one attached hydrogen (secondary N) is 4. The zero-order valence-corrected chi connectivity index (χ0v) is 37.7. The standard InChI is InChI=1S/C13H16N3O.2C13H17N3O.CH4.2Zn/c1-3-12(17)11(14-2)8-13-15-9-6-4-5-7-10(9)16-13;2*1-3-9(13(17)14-2)8-12-15-10-6-4-5-7-11(10)16-12;;;/h4-7,11,14H,3,8H2,1-2H3;4-7,9H,3,8H2,1-2H3,(H,14,17)(H,15,16);4-7,9H,3,8H2,1-2H3,(H2,14,15,16,17);1H4;;/q-1;;;;;+2/p-1/t11-;2*9-;;;/m000.../s1. The first-order valence-electron chi connectivity index (χ1n) is 17.6. The molecule has 3 atom stereocenters. The summed E-state index contributed by atoms with van der Waals surface area (Å²) in [5, 5.41) is 8.38. The molecule has 0 fully saturated rings. The first-order valence-corrected chi connectivity index (χ1v) is 17.6. The van der Waals surface area contributed by atoms with Crippen LogP contribution in [-0.4, -0.2) is 64.7 Å². The van der Waals surface area contributed by atoms with E-state index in [1.54, 1.807) is 21.1 Å². The van der Waals surface area contributed by atoms with Crippen molar-refractivity contribution in [2.75, 3.05) is 21.1 Å². The first kappa shape index (κ1) is 47.9. The number of H-pyrrole nitrogens is 1. The van der Waals surface area contributed by atoms with Crippen LogP contribution in [0.25, 0.3) is 33.1 Å². The van der Waals surface area contributed by atoms with E-state index in [0.717, 1.165) is 63.4 Å². The van der Waals surface area contributed by atoms with Gasteiger partial charge in [-0.3, -0.25) is 14.4 Å². The molecule has 0 bridgehead atoms. The van der Waals surface area contributed by atoms with Crippen molar-refractivity contribution in [3.63, 3.8) is 0 Å². The number of ketones is 1. The second-order valence-corrected chi connectivity index (χ2v) is 12.2. The van der Waals surface area contributed by atoms with Crippen molar-refractivity contribution in [2.45, 2.75) is 72.8 Å². The minimum absolute atomic E-state index is 0. The monoisotopic (exact) mass is 835 g/mol. The summed E-state index contributed by atoms with van der Waals surface area (Å²) < 4.78 is 0. The van der Waals surface area contributed by atoms with E-state index < -0.39 is 0 Å². The third-order valence-electron chi connectivity index (χ3n) is 8.76. The molecule has 2 amide bonds. The molecule has 3 aromatic heterocycles. The van der Waals surface area contributed by atoms with Crippen LogP contribution < -0.4 is 25.9 Å². The van der Waals surface area contributed by atoms with E-state index in [-0.39, 0.29) is 81.9 Å². The van der Waals surface area contributed by atoms with Crippen molar-refractivity contribution < 1.29 is 53.3 Å². The number of hydrogen-bond donors (Lipinski definition) is 4. The summed E-state index contributed by atoms with van der Waals surface area (Å²) in [5.41, 5.74) is 5.55. The quantitative estimate of drug-likeness (QED) is 0.113. The van der Waals surface area contributed by atoms with Crippen molar-refractivity contribution in [3.05, 3.63) is 90.3 Å². The summed E-state index contributed by atoms with van der Waals surface area (Å²) in [5.74, 6) is 2.63. The van der Waals surface area contributed by atoms with E-state index in [9.17, 15) is 14.4 Å². The molecule has 6 rings (SSSR count). The van der Waals surface area contributed by atoms with Gasteiger partial charge in [-0.05, 0) is 66.9 Å². The molecule has 0 radical (unpaired) electrons. The van der Waals surface area contributed by atoms with E-state index in [0.29, 0.717) is 25.7 Å². The molecule has 4 N–H and O–H groups in total. The Balaban J connectivity index is 0.000000394. The molecule has 3 aromatic carbocycles. The van der Waals surface area contributed by atoms with Crippen LogP contribution in [0.1, 0.15) is 64.9 Å². The maximum atomic E-state index is 11.6. The molecule has 3 heterocycles. The Morgan fingerprint density at radius 3 is 1.57 bits per heavy atom. The molecule has 14 heteroatoms. The van der Waals surface area contributed by atoms with Crippen LogP contribution in [-0.2, 0) is 72.6 Å². The summed E-state index contributed by atoms with van der Waals surface area (Å²) in [6, 6.07) is 23.2. The van der Waals surface area contributed by atoms with Crippen LogP contribution in [0.15, 0.2) is 72.8 Å². The Hall–Kier alpha value is -4.11. The van der Waals surface area contributed by atoms with Gasteiger partial charge in [-0.1, -0.05) is 101 Å². The maximum absolute atomic E-state index is 11.6. The molecule has 54 heavy (non-hydrogen) atoms. The molecule has 0 saturated carbocycles. The molecular formula is C40H53N9O3Zn2. The first-order chi connectivity index (χ1) is 24.7. The van der Waals surface area contributed by atoms with Gasteiger partial charge in [0, 0.05) is 58.3 Å². The Morgan fingerprint density at radius 2 is 1.13 bits per heavy atom. The van der Waals surface area contributed by atoms with Crippen molar-refractivity contribution in [3.8, 4) is 0 Å². The molecule has 0 saturated heterocycles. The summed E-state index contributed by atoms with van der Waals surface area (Å²) >= 11 is 0. The normalized spacial score (nSPS) is 12.0. The Bertz CT molecular complexity index is 1700. The average Bonchev–Trinajstić information content (AvgIpc) is 3.90. The average molecular weight is 839 g/mol. The SMILES string of the molecule is C.CCC(=O)[C@H](Cc1nc2ccccc2[n-]1)NC.CC[C@@H](Cc1nc2ccccc2[n-]1)C(=O)NC.CC[C@@H](Cc1nc2ccccc2[nH]1)C(=O)NC.[Zn+2].[Zn]. The maximum Gasteiger partial charge on any atom is 2.00 e. The van der Waals surface area contributed by atoms with Crippen LogP contribution in [0.4, 0.5) is 0 Å². The van der Waals surface area contributed by atoms with Gasteiger partial charge in [-0.2, -0.15) is 0 Å². The topological polar surface area (TPSA) is 170 Å². The molecule has 6 aromatic rings. The number of aromatic amines is 1. The number of benzene rings is 3. The van der Waals surface area contributed by atoms with Gasteiger partial charge >= 0.3 is 19.5 Å². The number of likely N-dealkylation sites (N-methyl/N-ethyl adjacent to an activating group) is 1. The number of fused-ring (bicyclic) bond motifs is 3. The second-order valence-electron chi connectivity index (χ2n) is 12.2. The number of imidazole rings is 3. The van der Waals surface area contributed by atoms with Crippen LogP contribution in [0.2, 0.25) is 0 Å². The van der Waals surface area contributed by atoms with Gasteiger partial charge in [0.2, 0.25) is 11.8 Å². The summed E-state index contributed by atoms with van der Waals surface area (Å²) in [4.78, 5) is 60.3. The van der Waals surface area contributed by atoms with Crippen molar-refractivity contribution in [1.82, 2.24) is 45.9 Å². The Kier molecular flexibility index (Phi) is 21.6. The number of aromatic nitrogens is 6. The summed E-state index contributed by atoms with van der Waals surface area (Å²) in [7, 11) is 5.12. The Labute approximate surface area is 344 Å². The fourth-order valence-corrected chi connectivity index (χ4v) is 5.71. The number of amides is 2. The number of carbonyl (C=O) groups is 3. The molecule has 0 aliphatic carbocycles. The van der Waals surface area contributed by atoms with Crippen LogP contribution in [0.5, 0.6) is 0 Å². The number of Topliss-reactive ketones (excluding diaryl/α,β-unsaturated/α-hetero) is 1. The fraction of sp³-hybridized carbons (Fsp3) is 0.400. The number of nitrogens with zero attached hydrogens (tertiary/aromatic N) is 5. The largest absolute Gasteiger partial charge is 2.00 e. The second kappa shape index (κ2) is 24.3. The number of para-hydroxylation sites is 6. The predicted octanol–water partition coefficient (Wildman–Crippen LogP) is 5.32. The molecule has 12 nitrogen and oxygen atoms in total. The van der Waals surface area contributed by atoms with Crippen molar-refractivity contribution >= 4 is 50.7 Å². The van der Waals surface area contributed by atoms with Crippen LogP contribution >= 0.6 is 0 Å². The summed E-state index contributed by atoms with van der Waals surface area (Å²) in [6.45, 7) is 5.89. The van der Waals surface area contributed by atoms with Gasteiger partial charge in [-0.15, -0.1) is 0 Å². The molecular weight excluding hydrogens is 785 g/mol. The molecule has 0 unspecified atom stereocenters. The van der Waals surface area contributed by atoms with Crippen molar-refractivity contribution in [1.29, 1.82) is 0 Å². The van der Waals surface area contributed by atoms with Crippen LogP contribution in [0, 0.1) is 11.8 Å². The van der Waals surface area contributed by atoms with Crippen molar-refractivity contribution in [2.24, 2.45) is 11.8 Å². The van der Waals surface area contributed by atoms with E-state index in [1.165, 1.54) is 0 Å². The smallest absolute Gasteiger partial charge is 0.440 e. The predicted molar refractivity (Wildman–Crippen MR) is 208 cm³/mol. The zero-order valence-electron chi connectivity index (χ0n) is 31.8. The summed E-state index contributed by atoms with van der Waals surface area (Å²) in [6.07, 6.45) is 3.96. The molecule has 0 aliphatic rings. The Morgan fingerprint density at radius 1 is 0.667 bits per heavy atom. The number of rotatable bonds is 13. The molecule has 0 spiro atoms. The fourth-order valence-electron chi connectivity index (χ4n) is 5.71. The number of hydrogen-bond acceptors (Lipinski definition) is 7. The van der Waals surface area contributed by atoms with Gasteiger partial charge in [0.15, 0.2) is 0 Å². The van der Waals surface area contributed by atoms with Gasteiger partial charge in [0.05, 0.1) is 17.1 Å². The molecule has 0 aliphatic heterocycles. The van der Waals surface area contributed by atoms with Gasteiger partial charge in [0.25, 0.3) is 0 Å². The van der Waals surface area contributed by atoms with E-state index in [1.807, 2.05) is 93.6 Å². The number of carbonyl (C=O) groups excluding carboxylic acids is 3. The zero-order chi connectivity index (χ0) is 36.8. The third kappa shape index (κ3) is 13.3. The minimum atomic E-state index is -0.184. The van der Waals surface area contributed by atoms with E-state index in [4.69, 9.17) is 0 Å². The van der Waals surface area contributed by atoms with Gasteiger partial charge < -0.3 is 40.9 Å². The van der Waals surface area contributed by atoms with Gasteiger partial charge in [-0.25, -0.2) is 4.98 Å². The van der Waals surface area contributed by atoms with E-state index in [2.05, 4.69) is 45.9 Å². The molecule has 280 valence electrons.